The summed E-state index contributed by atoms with van der Waals surface area (Å²) in [7, 11) is 0. The second kappa shape index (κ2) is 7.15. The molecule has 0 bridgehead atoms. The Hall–Kier alpha value is -0.180. The maximum Gasteiger partial charge on any atom is 0.129 e. The molecule has 0 heterocycles. The molecule has 0 aromatic rings. The molecular formula is C19H32F2O. The summed E-state index contributed by atoms with van der Waals surface area (Å²) in [5.41, 5.74) is 0. The van der Waals surface area contributed by atoms with E-state index < -0.39 is 18.4 Å². The highest BCUT2D eigenvalue weighted by Gasteiger charge is 2.41. The fraction of sp³-hybridized carbons (Fsp3) is 1.00. The zero-order valence-electron chi connectivity index (χ0n) is 13.9. The number of halogens is 2. The Morgan fingerprint density at radius 2 is 1.00 bits per heavy atom. The van der Waals surface area contributed by atoms with Crippen LogP contribution < -0.4 is 0 Å². The van der Waals surface area contributed by atoms with Gasteiger partial charge in [-0.25, -0.2) is 8.78 Å². The first-order valence-corrected chi connectivity index (χ1v) is 9.50. The van der Waals surface area contributed by atoms with Crippen molar-refractivity contribution < 1.29 is 13.9 Å². The topological polar surface area (TPSA) is 20.2 Å². The molecule has 2 atom stereocenters. The molecule has 3 heteroatoms. The highest BCUT2D eigenvalue weighted by atomic mass is 19.1. The molecule has 3 aliphatic rings. The highest BCUT2D eigenvalue weighted by molar-refractivity contribution is 4.91. The maximum atomic E-state index is 13.7. The predicted octanol–water partition coefficient (Wildman–Crippen LogP) is 5.07. The van der Waals surface area contributed by atoms with Gasteiger partial charge >= 0.3 is 0 Å². The van der Waals surface area contributed by atoms with Crippen molar-refractivity contribution in [3.8, 4) is 0 Å². The number of hydrogen-bond acceptors (Lipinski definition) is 1. The summed E-state index contributed by atoms with van der Waals surface area (Å²) in [5, 5.41) is 9.45. The molecule has 0 aromatic heterocycles. The summed E-state index contributed by atoms with van der Waals surface area (Å²) < 4.78 is 27.5. The van der Waals surface area contributed by atoms with Gasteiger partial charge in [-0.15, -0.1) is 0 Å². The number of alkyl halides is 2. The van der Waals surface area contributed by atoms with E-state index in [2.05, 4.69) is 6.92 Å². The minimum Gasteiger partial charge on any atom is -0.387 e. The molecule has 1 N–H and O–H groups in total. The molecule has 0 radical (unpaired) electrons. The maximum absolute atomic E-state index is 13.7. The smallest absolute Gasteiger partial charge is 0.129 e. The van der Waals surface area contributed by atoms with Crippen molar-refractivity contribution in [2.45, 2.75) is 89.6 Å². The van der Waals surface area contributed by atoms with Crippen LogP contribution in [-0.2, 0) is 0 Å². The lowest BCUT2D eigenvalue weighted by Crippen LogP contribution is -2.42. The van der Waals surface area contributed by atoms with Crippen LogP contribution in [0.4, 0.5) is 8.78 Å². The lowest BCUT2D eigenvalue weighted by atomic mass is 9.65. The number of aliphatic hydroxyl groups excluding tert-OH is 1. The van der Waals surface area contributed by atoms with Gasteiger partial charge in [0.2, 0.25) is 0 Å². The quantitative estimate of drug-likeness (QED) is 0.755. The first-order valence-electron chi connectivity index (χ1n) is 9.50. The zero-order chi connectivity index (χ0) is 15.7. The molecular weight excluding hydrogens is 282 g/mol. The van der Waals surface area contributed by atoms with Crippen LogP contribution in [0.2, 0.25) is 0 Å². The van der Waals surface area contributed by atoms with E-state index in [9.17, 15) is 13.9 Å². The van der Waals surface area contributed by atoms with Crippen LogP contribution in [-0.4, -0.2) is 23.6 Å². The van der Waals surface area contributed by atoms with Crippen molar-refractivity contribution in [2.24, 2.45) is 29.6 Å². The molecule has 3 fully saturated rings. The molecule has 3 saturated carbocycles. The first kappa shape index (κ1) is 16.7. The molecule has 0 saturated heterocycles. The number of rotatable bonds is 2. The van der Waals surface area contributed by atoms with Crippen molar-refractivity contribution in [3.05, 3.63) is 0 Å². The van der Waals surface area contributed by atoms with Crippen LogP contribution in [0.5, 0.6) is 0 Å². The Morgan fingerprint density at radius 1 is 0.636 bits per heavy atom. The second-order valence-corrected chi connectivity index (χ2v) is 8.45. The van der Waals surface area contributed by atoms with Crippen LogP contribution in [0.15, 0.2) is 0 Å². The van der Waals surface area contributed by atoms with Gasteiger partial charge in [0.05, 0.1) is 0 Å². The molecule has 0 amide bonds. The van der Waals surface area contributed by atoms with Gasteiger partial charge in [-0.3, -0.25) is 0 Å². The molecule has 0 spiro atoms. The third kappa shape index (κ3) is 3.66. The van der Waals surface area contributed by atoms with E-state index >= 15 is 0 Å². The number of aliphatic hydroxyl groups is 1. The normalized spacial score (nSPS) is 50.7. The van der Waals surface area contributed by atoms with E-state index in [0.29, 0.717) is 18.8 Å². The Labute approximate surface area is 133 Å². The summed E-state index contributed by atoms with van der Waals surface area (Å²) in [6.45, 7) is 2.37. The van der Waals surface area contributed by atoms with Gasteiger partial charge < -0.3 is 5.11 Å². The van der Waals surface area contributed by atoms with Gasteiger partial charge in [-0.1, -0.05) is 19.8 Å². The van der Waals surface area contributed by atoms with Crippen molar-refractivity contribution in [2.75, 3.05) is 0 Å². The molecule has 22 heavy (non-hydrogen) atoms. The Kier molecular flexibility index (Phi) is 5.42. The van der Waals surface area contributed by atoms with Gasteiger partial charge in [0, 0.05) is 0 Å². The van der Waals surface area contributed by atoms with Crippen LogP contribution in [0, 0.1) is 29.6 Å². The standard InChI is InChI=1S/C19H32F2O/c1-12-2-4-13(5-3-12)14-6-8-15(9-7-14)16-10-17(20)19(22)18(21)11-16/h12-19,22H,2-11H2,1H3. The molecule has 2 unspecified atom stereocenters. The summed E-state index contributed by atoms with van der Waals surface area (Å²) in [4.78, 5) is 0. The van der Waals surface area contributed by atoms with Crippen LogP contribution in [0.1, 0.15) is 71.1 Å². The minimum atomic E-state index is -1.38. The van der Waals surface area contributed by atoms with E-state index in [1.165, 1.54) is 38.5 Å². The van der Waals surface area contributed by atoms with Crippen molar-refractivity contribution in [1.82, 2.24) is 0 Å². The van der Waals surface area contributed by atoms with Gasteiger partial charge in [0.25, 0.3) is 0 Å². The molecule has 128 valence electrons. The molecule has 3 aliphatic carbocycles. The average Bonchev–Trinajstić information content (AvgIpc) is 2.53. The minimum absolute atomic E-state index is 0.153. The predicted molar refractivity (Wildman–Crippen MR) is 85.1 cm³/mol. The largest absolute Gasteiger partial charge is 0.387 e. The molecule has 0 aliphatic heterocycles. The van der Waals surface area contributed by atoms with Gasteiger partial charge in [-0.2, -0.15) is 0 Å². The van der Waals surface area contributed by atoms with Crippen LogP contribution >= 0.6 is 0 Å². The first-order chi connectivity index (χ1) is 10.5. The highest BCUT2D eigenvalue weighted by Crippen LogP contribution is 2.45. The third-order valence-electron chi connectivity index (χ3n) is 7.01. The van der Waals surface area contributed by atoms with Gasteiger partial charge in [0.1, 0.15) is 18.4 Å². The molecule has 1 nitrogen and oxygen atoms in total. The van der Waals surface area contributed by atoms with Crippen molar-refractivity contribution in [3.63, 3.8) is 0 Å². The van der Waals surface area contributed by atoms with Crippen LogP contribution in [0.25, 0.3) is 0 Å². The average molecular weight is 314 g/mol. The summed E-state index contributed by atoms with van der Waals surface area (Å²) in [6, 6.07) is 0. The Morgan fingerprint density at radius 3 is 1.45 bits per heavy atom. The van der Waals surface area contributed by atoms with Crippen molar-refractivity contribution in [1.29, 1.82) is 0 Å². The Balaban J connectivity index is 1.47. The van der Waals surface area contributed by atoms with E-state index in [-0.39, 0.29) is 5.92 Å². The summed E-state index contributed by atoms with van der Waals surface area (Å²) in [5.74, 6) is 3.32. The lowest BCUT2D eigenvalue weighted by molar-refractivity contribution is -0.0504. The fourth-order valence-corrected chi connectivity index (χ4v) is 5.41. The van der Waals surface area contributed by atoms with Gasteiger partial charge in [0.15, 0.2) is 0 Å². The SMILES string of the molecule is CC1CCC(C2CCC(C3CC(F)C(O)C(F)C3)CC2)CC1. The monoisotopic (exact) mass is 314 g/mol. The summed E-state index contributed by atoms with van der Waals surface area (Å²) in [6.07, 6.45) is 7.04. The Bertz CT molecular complexity index is 333. The van der Waals surface area contributed by atoms with Crippen molar-refractivity contribution >= 4 is 0 Å². The lowest BCUT2D eigenvalue weighted by Gasteiger charge is -2.42. The zero-order valence-corrected chi connectivity index (χ0v) is 13.9. The molecule has 3 rings (SSSR count). The second-order valence-electron chi connectivity index (χ2n) is 8.45. The van der Waals surface area contributed by atoms with E-state index in [4.69, 9.17) is 0 Å². The van der Waals surface area contributed by atoms with E-state index in [1.54, 1.807) is 0 Å². The van der Waals surface area contributed by atoms with E-state index in [0.717, 1.165) is 30.6 Å². The summed E-state index contributed by atoms with van der Waals surface area (Å²) >= 11 is 0. The van der Waals surface area contributed by atoms with Crippen LogP contribution in [0.3, 0.4) is 0 Å². The fourth-order valence-electron chi connectivity index (χ4n) is 5.41. The number of hydrogen-bond donors (Lipinski definition) is 1. The third-order valence-corrected chi connectivity index (χ3v) is 7.01. The van der Waals surface area contributed by atoms with Gasteiger partial charge in [-0.05, 0) is 81.0 Å². The van der Waals surface area contributed by atoms with E-state index in [1.807, 2.05) is 0 Å². The molecule has 0 aromatic carbocycles.